The molecule has 0 aliphatic carbocycles. The van der Waals surface area contributed by atoms with E-state index in [4.69, 9.17) is 4.74 Å². The number of nitrogens with one attached hydrogen (secondary N) is 1. The number of carbonyl (C=O) groups excluding carboxylic acids is 2. The van der Waals surface area contributed by atoms with Crippen molar-refractivity contribution in [2.45, 2.75) is 45.2 Å². The lowest BCUT2D eigenvalue weighted by atomic mass is 10.1. The second kappa shape index (κ2) is 6.59. The Bertz CT molecular complexity index is 281. The van der Waals surface area contributed by atoms with E-state index in [9.17, 15) is 9.59 Å². The summed E-state index contributed by atoms with van der Waals surface area (Å²) in [6, 6.07) is -0.596. The Kier molecular flexibility index (Phi) is 5.41. The number of hydrogen-bond donors (Lipinski definition) is 1. The molecule has 0 bridgehead atoms. The van der Waals surface area contributed by atoms with E-state index in [2.05, 4.69) is 5.32 Å². The van der Waals surface area contributed by atoms with Crippen molar-refractivity contribution in [3.63, 3.8) is 0 Å². The predicted molar refractivity (Wildman–Crippen MR) is 64.5 cm³/mol. The van der Waals surface area contributed by atoms with Gasteiger partial charge in [-0.1, -0.05) is 13.3 Å². The molecule has 98 valence electrons. The molecule has 1 saturated heterocycles. The largest absolute Gasteiger partial charge is 0.465 e. The third-order valence-corrected chi connectivity index (χ3v) is 2.98. The van der Waals surface area contributed by atoms with Gasteiger partial charge in [0.1, 0.15) is 6.04 Å². The van der Waals surface area contributed by atoms with Gasteiger partial charge in [0.05, 0.1) is 12.6 Å². The summed E-state index contributed by atoms with van der Waals surface area (Å²) in [4.78, 5) is 25.1. The molecule has 5 nitrogen and oxygen atoms in total. The van der Waals surface area contributed by atoms with E-state index >= 15 is 0 Å². The molecule has 17 heavy (non-hydrogen) atoms. The summed E-state index contributed by atoms with van der Waals surface area (Å²) in [5.41, 5.74) is 0. The second-order valence-electron chi connectivity index (χ2n) is 4.36. The van der Waals surface area contributed by atoms with Crippen molar-refractivity contribution in [1.82, 2.24) is 10.2 Å². The van der Waals surface area contributed by atoms with Crippen LogP contribution in [0.1, 0.15) is 33.1 Å². The lowest BCUT2D eigenvalue weighted by molar-refractivity contribution is -0.146. The summed E-state index contributed by atoms with van der Waals surface area (Å²) in [6.45, 7) is 4.92. The maximum atomic E-state index is 11.7. The zero-order valence-corrected chi connectivity index (χ0v) is 10.9. The highest BCUT2D eigenvalue weighted by Crippen LogP contribution is 2.11. The Balaban J connectivity index is 2.54. The van der Waals surface area contributed by atoms with Crippen LogP contribution in [-0.2, 0) is 14.3 Å². The Hall–Kier alpha value is -1.10. The van der Waals surface area contributed by atoms with Gasteiger partial charge in [0.2, 0.25) is 5.91 Å². The quantitative estimate of drug-likeness (QED) is 0.691. The van der Waals surface area contributed by atoms with E-state index in [0.29, 0.717) is 13.0 Å². The van der Waals surface area contributed by atoms with Crippen LogP contribution in [-0.4, -0.2) is 49.1 Å². The van der Waals surface area contributed by atoms with Gasteiger partial charge in [-0.05, 0) is 19.8 Å². The molecule has 0 aromatic heterocycles. The molecule has 1 rings (SSSR count). The fourth-order valence-corrected chi connectivity index (χ4v) is 2.02. The average molecular weight is 242 g/mol. The third-order valence-electron chi connectivity index (χ3n) is 2.98. The number of amides is 1. The fourth-order valence-electron chi connectivity index (χ4n) is 2.02. The number of esters is 1. The minimum atomic E-state index is -0.361. The van der Waals surface area contributed by atoms with Gasteiger partial charge in [0.25, 0.3) is 0 Å². The van der Waals surface area contributed by atoms with Crippen LogP contribution >= 0.6 is 0 Å². The summed E-state index contributed by atoms with van der Waals surface area (Å²) in [6.07, 6.45) is 2.34. The molecule has 5 heteroatoms. The Labute approximate surface area is 102 Å². The lowest BCUT2D eigenvalue weighted by Crippen LogP contribution is -2.47. The molecule has 1 aliphatic rings. The van der Waals surface area contributed by atoms with Gasteiger partial charge in [-0.3, -0.25) is 14.9 Å². The molecule has 1 aliphatic heterocycles. The second-order valence-corrected chi connectivity index (χ2v) is 4.36. The van der Waals surface area contributed by atoms with Crippen LogP contribution in [0.25, 0.3) is 0 Å². The van der Waals surface area contributed by atoms with Crippen LogP contribution in [0.5, 0.6) is 0 Å². The van der Waals surface area contributed by atoms with Crippen LogP contribution in [0.15, 0.2) is 0 Å². The van der Waals surface area contributed by atoms with Gasteiger partial charge in [0.15, 0.2) is 0 Å². The summed E-state index contributed by atoms with van der Waals surface area (Å²) in [5, 5.41) is 3.12. The standard InChI is InChI=1S/C12H22N2O3/c1-4-6-10(12(16)17-5-2)13-9-7-8-14(3)11(9)15/h9-10,13H,4-8H2,1-3H3. The minimum absolute atomic E-state index is 0.0652. The van der Waals surface area contributed by atoms with Crippen molar-refractivity contribution in [1.29, 1.82) is 0 Å². The molecule has 0 aromatic rings. The first-order valence-electron chi connectivity index (χ1n) is 6.27. The molecular weight excluding hydrogens is 220 g/mol. The zero-order chi connectivity index (χ0) is 12.8. The van der Waals surface area contributed by atoms with Gasteiger partial charge in [-0.25, -0.2) is 0 Å². The van der Waals surface area contributed by atoms with Crippen LogP contribution in [0.3, 0.4) is 0 Å². The van der Waals surface area contributed by atoms with Crippen LogP contribution < -0.4 is 5.32 Å². The highest BCUT2D eigenvalue weighted by molar-refractivity contribution is 5.85. The molecule has 1 N–H and O–H groups in total. The first kappa shape index (κ1) is 14.0. The number of hydrogen-bond acceptors (Lipinski definition) is 4. The maximum Gasteiger partial charge on any atom is 0.323 e. The highest BCUT2D eigenvalue weighted by atomic mass is 16.5. The van der Waals surface area contributed by atoms with Crippen LogP contribution in [0.2, 0.25) is 0 Å². The third kappa shape index (κ3) is 3.70. The van der Waals surface area contributed by atoms with Crippen molar-refractivity contribution in [3.05, 3.63) is 0 Å². The van der Waals surface area contributed by atoms with E-state index in [0.717, 1.165) is 19.4 Å². The Morgan fingerprint density at radius 3 is 2.76 bits per heavy atom. The summed E-state index contributed by atoms with van der Waals surface area (Å²) >= 11 is 0. The normalized spacial score (nSPS) is 21.7. The van der Waals surface area contributed by atoms with Crippen molar-refractivity contribution in [3.8, 4) is 0 Å². The summed E-state index contributed by atoms with van der Waals surface area (Å²) in [5.74, 6) is -0.188. The Morgan fingerprint density at radius 2 is 2.29 bits per heavy atom. The average Bonchev–Trinajstić information content (AvgIpc) is 2.60. The summed E-state index contributed by atoms with van der Waals surface area (Å²) in [7, 11) is 1.78. The molecular formula is C12H22N2O3. The van der Waals surface area contributed by atoms with Gasteiger partial charge in [-0.15, -0.1) is 0 Å². The number of likely N-dealkylation sites (N-methyl/N-ethyl adjacent to an activating group) is 1. The molecule has 1 heterocycles. The van der Waals surface area contributed by atoms with Crippen molar-refractivity contribution in [2.24, 2.45) is 0 Å². The van der Waals surface area contributed by atoms with E-state index in [1.807, 2.05) is 6.92 Å². The van der Waals surface area contributed by atoms with E-state index in [1.54, 1.807) is 18.9 Å². The molecule has 1 amide bonds. The molecule has 2 atom stereocenters. The van der Waals surface area contributed by atoms with Crippen LogP contribution in [0.4, 0.5) is 0 Å². The van der Waals surface area contributed by atoms with Crippen molar-refractivity contribution < 1.29 is 14.3 Å². The first-order chi connectivity index (χ1) is 8.10. The SMILES string of the molecule is CCCC(NC1CCN(C)C1=O)C(=O)OCC. The number of rotatable bonds is 6. The molecule has 2 unspecified atom stereocenters. The van der Waals surface area contributed by atoms with Gasteiger partial charge >= 0.3 is 5.97 Å². The number of carbonyl (C=O) groups is 2. The monoisotopic (exact) mass is 242 g/mol. The van der Waals surface area contributed by atoms with Gasteiger partial charge < -0.3 is 9.64 Å². The number of ether oxygens (including phenoxy) is 1. The molecule has 0 aromatic carbocycles. The van der Waals surface area contributed by atoms with E-state index < -0.39 is 0 Å². The zero-order valence-electron chi connectivity index (χ0n) is 10.9. The molecule has 1 fully saturated rings. The topological polar surface area (TPSA) is 58.6 Å². The first-order valence-corrected chi connectivity index (χ1v) is 6.27. The van der Waals surface area contributed by atoms with Crippen LogP contribution in [0, 0.1) is 0 Å². The van der Waals surface area contributed by atoms with Crippen molar-refractivity contribution >= 4 is 11.9 Å². The Morgan fingerprint density at radius 1 is 1.59 bits per heavy atom. The smallest absolute Gasteiger partial charge is 0.323 e. The number of nitrogens with zero attached hydrogens (tertiary/aromatic N) is 1. The van der Waals surface area contributed by atoms with Crippen molar-refractivity contribution in [2.75, 3.05) is 20.2 Å². The number of likely N-dealkylation sites (tertiary alicyclic amines) is 1. The maximum absolute atomic E-state index is 11.7. The van der Waals surface area contributed by atoms with E-state index in [1.165, 1.54) is 0 Å². The highest BCUT2D eigenvalue weighted by Gasteiger charge is 2.32. The van der Waals surface area contributed by atoms with E-state index in [-0.39, 0.29) is 24.0 Å². The molecule has 0 spiro atoms. The molecule has 0 radical (unpaired) electrons. The fraction of sp³-hybridized carbons (Fsp3) is 0.833. The minimum Gasteiger partial charge on any atom is -0.465 e. The molecule has 0 saturated carbocycles. The summed E-state index contributed by atoms with van der Waals surface area (Å²) < 4.78 is 5.00. The lowest BCUT2D eigenvalue weighted by Gasteiger charge is -2.20. The predicted octanol–water partition coefficient (Wildman–Crippen LogP) is 0.539. The van der Waals surface area contributed by atoms with Gasteiger partial charge in [-0.2, -0.15) is 0 Å². The van der Waals surface area contributed by atoms with Gasteiger partial charge in [0, 0.05) is 13.6 Å².